The lowest BCUT2D eigenvalue weighted by Gasteiger charge is -2.34. The number of carbonyl (C=O) groups is 1. The number of fused-ring (bicyclic) bond motifs is 1. The van der Waals surface area contributed by atoms with Crippen LogP contribution in [0.5, 0.6) is 5.75 Å². The van der Waals surface area contributed by atoms with Crippen LogP contribution in [0.2, 0.25) is 0 Å². The van der Waals surface area contributed by atoms with Gasteiger partial charge in [0.25, 0.3) is 5.91 Å². The van der Waals surface area contributed by atoms with Gasteiger partial charge in [-0.25, -0.2) is 0 Å². The van der Waals surface area contributed by atoms with Crippen LogP contribution in [0.15, 0.2) is 18.2 Å². The molecule has 1 atom stereocenters. The van der Waals surface area contributed by atoms with Crippen LogP contribution in [0.3, 0.4) is 0 Å². The van der Waals surface area contributed by atoms with Crippen molar-refractivity contribution in [3.05, 3.63) is 29.3 Å². The smallest absolute Gasteiger partial charge is 0.254 e. The van der Waals surface area contributed by atoms with Crippen molar-refractivity contribution in [1.29, 1.82) is 0 Å². The second kappa shape index (κ2) is 4.61. The van der Waals surface area contributed by atoms with E-state index in [0.717, 1.165) is 49.5 Å². The Bertz CT molecular complexity index is 473. The van der Waals surface area contributed by atoms with E-state index in [1.807, 2.05) is 23.1 Å². The molecular weight excluding hydrogens is 228 g/mol. The molecular formula is C14H18N2O2. The summed E-state index contributed by atoms with van der Waals surface area (Å²) < 4.78 is 5.46. The number of rotatable bonds is 1. The van der Waals surface area contributed by atoms with Gasteiger partial charge < -0.3 is 15.0 Å². The molecule has 1 fully saturated rings. The molecule has 4 nitrogen and oxygen atoms in total. The Kier molecular flexibility index (Phi) is 2.96. The molecule has 0 bridgehead atoms. The third kappa shape index (κ3) is 1.97. The van der Waals surface area contributed by atoms with E-state index in [-0.39, 0.29) is 11.9 Å². The highest BCUT2D eigenvalue weighted by Gasteiger charge is 2.25. The number of hydrogen-bond donors (Lipinski definition) is 1. The van der Waals surface area contributed by atoms with Gasteiger partial charge in [-0.1, -0.05) is 0 Å². The van der Waals surface area contributed by atoms with Gasteiger partial charge in [-0.3, -0.25) is 4.79 Å². The summed E-state index contributed by atoms with van der Waals surface area (Å²) >= 11 is 0. The van der Waals surface area contributed by atoms with Gasteiger partial charge in [0.1, 0.15) is 5.75 Å². The van der Waals surface area contributed by atoms with Crippen LogP contribution in [0.4, 0.5) is 0 Å². The van der Waals surface area contributed by atoms with Crippen molar-refractivity contribution in [2.75, 3.05) is 26.2 Å². The molecule has 2 aliphatic heterocycles. The second-order valence-electron chi connectivity index (χ2n) is 4.97. The maximum absolute atomic E-state index is 12.5. The first kappa shape index (κ1) is 11.5. The van der Waals surface area contributed by atoms with Crippen molar-refractivity contribution in [3.8, 4) is 5.75 Å². The number of carbonyl (C=O) groups excluding carboxylic acids is 1. The average molecular weight is 246 g/mol. The van der Waals surface area contributed by atoms with Crippen LogP contribution in [-0.2, 0) is 6.42 Å². The molecule has 4 heteroatoms. The van der Waals surface area contributed by atoms with Crippen molar-refractivity contribution in [2.24, 2.45) is 0 Å². The topological polar surface area (TPSA) is 41.6 Å². The average Bonchev–Trinajstić information content (AvgIpc) is 2.85. The third-order valence-corrected chi connectivity index (χ3v) is 3.70. The molecule has 0 spiro atoms. The number of ether oxygens (including phenoxy) is 1. The number of amides is 1. The van der Waals surface area contributed by atoms with Crippen molar-refractivity contribution in [3.63, 3.8) is 0 Å². The molecule has 1 saturated heterocycles. The molecule has 0 saturated carbocycles. The van der Waals surface area contributed by atoms with Gasteiger partial charge in [-0.15, -0.1) is 0 Å². The molecule has 96 valence electrons. The lowest BCUT2D eigenvalue weighted by atomic mass is 10.1. The van der Waals surface area contributed by atoms with Gasteiger partial charge in [-0.05, 0) is 30.7 Å². The van der Waals surface area contributed by atoms with Gasteiger partial charge in [0.05, 0.1) is 6.61 Å². The maximum Gasteiger partial charge on any atom is 0.254 e. The predicted octanol–water partition coefficient (Wildman–Crippen LogP) is 1.06. The fraction of sp³-hybridized carbons (Fsp3) is 0.500. The predicted molar refractivity (Wildman–Crippen MR) is 69.0 cm³/mol. The standard InChI is InChI=1S/C14H18N2O2/c1-10-9-15-5-6-16(10)14(17)12-2-3-13-11(8-12)4-7-18-13/h2-3,8,10,15H,4-7,9H2,1H3/t10-/m1/s1. The Morgan fingerprint density at radius 2 is 2.39 bits per heavy atom. The van der Waals surface area contributed by atoms with Crippen LogP contribution in [0.1, 0.15) is 22.8 Å². The van der Waals surface area contributed by atoms with Gasteiger partial charge in [0.2, 0.25) is 0 Å². The molecule has 0 aromatic heterocycles. The third-order valence-electron chi connectivity index (χ3n) is 3.70. The second-order valence-corrected chi connectivity index (χ2v) is 4.97. The minimum atomic E-state index is 0.138. The van der Waals surface area contributed by atoms with E-state index >= 15 is 0 Å². The number of nitrogens with zero attached hydrogens (tertiary/aromatic N) is 1. The van der Waals surface area contributed by atoms with E-state index in [2.05, 4.69) is 12.2 Å². The van der Waals surface area contributed by atoms with Crippen LogP contribution in [0.25, 0.3) is 0 Å². The zero-order valence-corrected chi connectivity index (χ0v) is 10.6. The zero-order chi connectivity index (χ0) is 12.5. The Morgan fingerprint density at radius 1 is 1.50 bits per heavy atom. The molecule has 1 aromatic rings. The molecule has 0 radical (unpaired) electrons. The SMILES string of the molecule is C[C@@H]1CNCCN1C(=O)c1ccc2c(c1)CCO2. The quantitative estimate of drug-likeness (QED) is 0.805. The van der Waals surface area contributed by atoms with Crippen molar-refractivity contribution in [2.45, 2.75) is 19.4 Å². The number of nitrogens with one attached hydrogen (secondary N) is 1. The summed E-state index contributed by atoms with van der Waals surface area (Å²) in [6.07, 6.45) is 0.910. The first-order valence-corrected chi connectivity index (χ1v) is 6.53. The molecule has 2 aliphatic rings. The fourth-order valence-electron chi connectivity index (χ4n) is 2.63. The van der Waals surface area contributed by atoms with Gasteiger partial charge in [0.15, 0.2) is 0 Å². The Morgan fingerprint density at radius 3 is 3.22 bits per heavy atom. The molecule has 1 N–H and O–H groups in total. The monoisotopic (exact) mass is 246 g/mol. The Hall–Kier alpha value is -1.55. The van der Waals surface area contributed by atoms with Crippen molar-refractivity contribution < 1.29 is 9.53 Å². The summed E-state index contributed by atoms with van der Waals surface area (Å²) in [4.78, 5) is 14.4. The Balaban J connectivity index is 1.83. The maximum atomic E-state index is 12.5. The molecule has 0 aliphatic carbocycles. The van der Waals surface area contributed by atoms with E-state index in [9.17, 15) is 4.79 Å². The molecule has 0 unspecified atom stereocenters. The first-order chi connectivity index (χ1) is 8.75. The fourth-order valence-corrected chi connectivity index (χ4v) is 2.63. The van der Waals surface area contributed by atoms with Crippen LogP contribution in [-0.4, -0.2) is 43.1 Å². The summed E-state index contributed by atoms with van der Waals surface area (Å²) in [6.45, 7) is 5.36. The highest BCUT2D eigenvalue weighted by molar-refractivity contribution is 5.95. The lowest BCUT2D eigenvalue weighted by molar-refractivity contribution is 0.0655. The molecule has 2 heterocycles. The first-order valence-electron chi connectivity index (χ1n) is 6.53. The van der Waals surface area contributed by atoms with Gasteiger partial charge in [-0.2, -0.15) is 0 Å². The summed E-state index contributed by atoms with van der Waals surface area (Å²) in [7, 11) is 0. The molecule has 3 rings (SSSR count). The van der Waals surface area contributed by atoms with Gasteiger partial charge >= 0.3 is 0 Å². The van der Waals surface area contributed by atoms with Crippen LogP contribution in [0, 0.1) is 0 Å². The van der Waals surface area contributed by atoms with E-state index in [1.165, 1.54) is 0 Å². The molecule has 1 aromatic carbocycles. The van der Waals surface area contributed by atoms with Gasteiger partial charge in [0, 0.05) is 37.7 Å². The summed E-state index contributed by atoms with van der Waals surface area (Å²) in [5.74, 6) is 1.07. The minimum absolute atomic E-state index is 0.138. The van der Waals surface area contributed by atoms with Crippen LogP contribution < -0.4 is 10.1 Å². The Labute approximate surface area is 107 Å². The van der Waals surface area contributed by atoms with E-state index in [0.29, 0.717) is 0 Å². The zero-order valence-electron chi connectivity index (χ0n) is 10.6. The van der Waals surface area contributed by atoms with Crippen molar-refractivity contribution in [1.82, 2.24) is 10.2 Å². The van der Waals surface area contributed by atoms with Crippen LogP contribution >= 0.6 is 0 Å². The lowest BCUT2D eigenvalue weighted by Crippen LogP contribution is -2.52. The highest BCUT2D eigenvalue weighted by Crippen LogP contribution is 2.26. The number of hydrogen-bond acceptors (Lipinski definition) is 3. The normalized spacial score (nSPS) is 22.5. The molecule has 1 amide bonds. The minimum Gasteiger partial charge on any atom is -0.493 e. The largest absolute Gasteiger partial charge is 0.493 e. The van der Waals surface area contributed by atoms with E-state index in [4.69, 9.17) is 4.74 Å². The van der Waals surface area contributed by atoms with Crippen molar-refractivity contribution >= 4 is 5.91 Å². The molecule has 18 heavy (non-hydrogen) atoms. The number of benzene rings is 1. The van der Waals surface area contributed by atoms with E-state index < -0.39 is 0 Å². The summed E-state index contributed by atoms with van der Waals surface area (Å²) in [5.41, 5.74) is 1.94. The van der Waals surface area contributed by atoms with E-state index in [1.54, 1.807) is 0 Å². The summed E-state index contributed by atoms with van der Waals surface area (Å²) in [6, 6.07) is 6.04. The number of piperazine rings is 1. The summed E-state index contributed by atoms with van der Waals surface area (Å²) in [5, 5.41) is 3.30. The highest BCUT2D eigenvalue weighted by atomic mass is 16.5.